The maximum Gasteiger partial charge on any atom is 0.103 e. The number of aromatic amines is 1. The Balaban J connectivity index is 1.61. The lowest BCUT2D eigenvalue weighted by Crippen LogP contribution is -2.15. The monoisotopic (exact) mass is 179 g/mol. The molecule has 0 aromatic carbocycles. The van der Waals surface area contributed by atoms with Crippen LogP contribution in [0.25, 0.3) is 0 Å². The maximum absolute atomic E-state index is 4.15. The van der Waals surface area contributed by atoms with Gasteiger partial charge in [0.2, 0.25) is 0 Å². The largest absolute Gasteiger partial charge is 0.345 e. The third kappa shape index (κ3) is 2.84. The zero-order valence-electron chi connectivity index (χ0n) is 8.14. The predicted octanol–water partition coefficient (Wildman–Crippen LogP) is 1.61. The number of nitrogens with one attached hydrogen (secondary N) is 2. The summed E-state index contributed by atoms with van der Waals surface area (Å²) in [7, 11) is 0. The molecule has 13 heavy (non-hydrogen) atoms. The molecule has 3 nitrogen and oxygen atoms in total. The second kappa shape index (κ2) is 3.92. The van der Waals surface area contributed by atoms with E-state index in [1.807, 2.05) is 13.1 Å². The molecule has 1 heterocycles. The first-order chi connectivity index (χ1) is 6.34. The minimum absolute atomic E-state index is 0.924. The second-order valence-electron chi connectivity index (χ2n) is 3.90. The van der Waals surface area contributed by atoms with E-state index in [4.69, 9.17) is 0 Å². The van der Waals surface area contributed by atoms with E-state index in [0.717, 1.165) is 24.8 Å². The van der Waals surface area contributed by atoms with Crippen molar-refractivity contribution in [2.24, 2.45) is 5.92 Å². The van der Waals surface area contributed by atoms with Crippen LogP contribution >= 0.6 is 0 Å². The zero-order valence-corrected chi connectivity index (χ0v) is 8.14. The summed E-state index contributed by atoms with van der Waals surface area (Å²) >= 11 is 0. The number of nitrogens with zero attached hydrogens (tertiary/aromatic N) is 1. The van der Waals surface area contributed by atoms with Crippen LogP contribution in [-0.4, -0.2) is 16.5 Å². The molecule has 2 rings (SSSR count). The molecular formula is C10H17N3. The van der Waals surface area contributed by atoms with Crippen LogP contribution in [-0.2, 0) is 6.54 Å². The Labute approximate surface area is 79.0 Å². The first-order valence-corrected chi connectivity index (χ1v) is 5.06. The molecule has 0 atom stereocenters. The molecule has 1 aliphatic carbocycles. The Kier molecular flexibility index (Phi) is 2.64. The van der Waals surface area contributed by atoms with Crippen LogP contribution in [0, 0.1) is 12.8 Å². The predicted molar refractivity (Wildman–Crippen MR) is 52.4 cm³/mol. The fraction of sp³-hybridized carbons (Fsp3) is 0.700. The Morgan fingerprint density at radius 1 is 1.62 bits per heavy atom. The summed E-state index contributed by atoms with van der Waals surface area (Å²) in [5.74, 6) is 2.02. The van der Waals surface area contributed by atoms with Crippen molar-refractivity contribution in [2.45, 2.75) is 32.7 Å². The van der Waals surface area contributed by atoms with Gasteiger partial charge in [-0.1, -0.05) is 12.8 Å². The normalized spacial score (nSPS) is 16.4. The van der Waals surface area contributed by atoms with Crippen LogP contribution < -0.4 is 5.32 Å². The summed E-state index contributed by atoms with van der Waals surface area (Å²) < 4.78 is 0. The number of imidazole rings is 1. The molecule has 1 aliphatic rings. The van der Waals surface area contributed by atoms with Gasteiger partial charge in [-0.2, -0.15) is 0 Å². The summed E-state index contributed by atoms with van der Waals surface area (Å²) in [6.45, 7) is 4.05. The summed E-state index contributed by atoms with van der Waals surface area (Å²) in [6, 6.07) is 0. The molecule has 2 N–H and O–H groups in total. The minimum Gasteiger partial charge on any atom is -0.345 e. The lowest BCUT2D eigenvalue weighted by molar-refractivity contribution is 0.607. The molecule has 1 aromatic heterocycles. The van der Waals surface area contributed by atoms with Crippen LogP contribution in [0.1, 0.15) is 30.8 Å². The van der Waals surface area contributed by atoms with Gasteiger partial charge in [0.1, 0.15) is 5.82 Å². The molecule has 0 unspecified atom stereocenters. The van der Waals surface area contributed by atoms with Crippen molar-refractivity contribution < 1.29 is 0 Å². The van der Waals surface area contributed by atoms with E-state index < -0.39 is 0 Å². The van der Waals surface area contributed by atoms with Crippen molar-refractivity contribution in [3.63, 3.8) is 0 Å². The van der Waals surface area contributed by atoms with Crippen molar-refractivity contribution in [1.29, 1.82) is 0 Å². The van der Waals surface area contributed by atoms with Gasteiger partial charge >= 0.3 is 0 Å². The highest BCUT2D eigenvalue weighted by Crippen LogP contribution is 2.31. The van der Waals surface area contributed by atoms with Crippen molar-refractivity contribution in [3.8, 4) is 0 Å². The number of hydrogen-bond acceptors (Lipinski definition) is 2. The molecule has 1 saturated carbocycles. The van der Waals surface area contributed by atoms with Crippen molar-refractivity contribution in [2.75, 3.05) is 6.54 Å². The molecule has 0 saturated heterocycles. The topological polar surface area (TPSA) is 40.7 Å². The van der Waals surface area contributed by atoms with Crippen molar-refractivity contribution >= 4 is 0 Å². The third-order valence-electron chi connectivity index (χ3n) is 2.50. The molecule has 3 heteroatoms. The van der Waals surface area contributed by atoms with Crippen LogP contribution in [0.15, 0.2) is 6.20 Å². The Morgan fingerprint density at radius 3 is 3.08 bits per heavy atom. The Hall–Kier alpha value is -0.830. The average molecular weight is 179 g/mol. The van der Waals surface area contributed by atoms with Gasteiger partial charge in [-0.15, -0.1) is 0 Å². The summed E-state index contributed by atoms with van der Waals surface area (Å²) in [6.07, 6.45) is 6.14. The number of hydrogen-bond donors (Lipinski definition) is 2. The van der Waals surface area contributed by atoms with Gasteiger partial charge in [-0.3, -0.25) is 0 Å². The van der Waals surface area contributed by atoms with Gasteiger partial charge < -0.3 is 10.3 Å². The molecule has 1 fully saturated rings. The number of rotatable bonds is 5. The van der Waals surface area contributed by atoms with E-state index in [1.165, 1.54) is 25.0 Å². The Bertz CT molecular complexity index is 263. The first-order valence-electron chi connectivity index (χ1n) is 5.06. The van der Waals surface area contributed by atoms with Crippen molar-refractivity contribution in [3.05, 3.63) is 17.7 Å². The maximum atomic E-state index is 4.15. The summed E-state index contributed by atoms with van der Waals surface area (Å²) in [5, 5.41) is 3.42. The van der Waals surface area contributed by atoms with Gasteiger partial charge in [-0.25, -0.2) is 4.98 Å². The summed E-state index contributed by atoms with van der Waals surface area (Å²) in [4.78, 5) is 7.35. The molecule has 0 spiro atoms. The highest BCUT2D eigenvalue weighted by atomic mass is 15.0. The average Bonchev–Trinajstić information content (AvgIpc) is 2.84. The molecule has 0 amide bonds. The Morgan fingerprint density at radius 2 is 2.46 bits per heavy atom. The lowest BCUT2D eigenvalue weighted by Gasteiger charge is -2.00. The van der Waals surface area contributed by atoms with Gasteiger partial charge in [0, 0.05) is 18.4 Å². The van der Waals surface area contributed by atoms with Crippen LogP contribution in [0.3, 0.4) is 0 Å². The fourth-order valence-electron chi connectivity index (χ4n) is 1.50. The molecule has 0 bridgehead atoms. The standard InChI is InChI=1S/C10H17N3/c1-8-12-7-10(13-8)6-11-5-4-9-2-3-9/h7,9,11H,2-6H2,1H3,(H,12,13). The van der Waals surface area contributed by atoms with E-state index in [0.29, 0.717) is 0 Å². The number of aryl methyl sites for hydroxylation is 1. The fourth-order valence-corrected chi connectivity index (χ4v) is 1.50. The van der Waals surface area contributed by atoms with E-state index >= 15 is 0 Å². The summed E-state index contributed by atoms with van der Waals surface area (Å²) in [5.41, 5.74) is 1.19. The van der Waals surface area contributed by atoms with Gasteiger partial charge in [0.25, 0.3) is 0 Å². The molecular weight excluding hydrogens is 162 g/mol. The molecule has 72 valence electrons. The lowest BCUT2D eigenvalue weighted by atomic mass is 10.3. The number of aromatic nitrogens is 2. The van der Waals surface area contributed by atoms with Crippen LogP contribution in [0.4, 0.5) is 0 Å². The SMILES string of the molecule is Cc1ncc(CNCCC2CC2)[nH]1. The highest BCUT2D eigenvalue weighted by Gasteiger charge is 2.19. The van der Waals surface area contributed by atoms with E-state index in [1.54, 1.807) is 0 Å². The third-order valence-corrected chi connectivity index (χ3v) is 2.50. The minimum atomic E-state index is 0.924. The molecule has 0 radical (unpaired) electrons. The molecule has 0 aliphatic heterocycles. The van der Waals surface area contributed by atoms with Crippen molar-refractivity contribution in [1.82, 2.24) is 15.3 Å². The smallest absolute Gasteiger partial charge is 0.103 e. The van der Waals surface area contributed by atoms with Crippen LogP contribution in [0.2, 0.25) is 0 Å². The number of H-pyrrole nitrogens is 1. The highest BCUT2D eigenvalue weighted by molar-refractivity contribution is 4.99. The van der Waals surface area contributed by atoms with Gasteiger partial charge in [0.05, 0.1) is 0 Å². The van der Waals surface area contributed by atoms with E-state index in [9.17, 15) is 0 Å². The van der Waals surface area contributed by atoms with E-state index in [2.05, 4.69) is 15.3 Å². The first kappa shape index (κ1) is 8.75. The van der Waals surface area contributed by atoms with Crippen LogP contribution in [0.5, 0.6) is 0 Å². The van der Waals surface area contributed by atoms with Gasteiger partial charge in [0.15, 0.2) is 0 Å². The molecule has 1 aromatic rings. The zero-order chi connectivity index (χ0) is 9.10. The van der Waals surface area contributed by atoms with E-state index in [-0.39, 0.29) is 0 Å². The van der Waals surface area contributed by atoms with Gasteiger partial charge in [-0.05, 0) is 25.8 Å². The quantitative estimate of drug-likeness (QED) is 0.674. The second-order valence-corrected chi connectivity index (χ2v) is 3.90.